The number of rotatable bonds is 4. The molecule has 1 aliphatic rings. The lowest BCUT2D eigenvalue weighted by Crippen LogP contribution is -2.34. The van der Waals surface area contributed by atoms with E-state index in [4.69, 9.17) is 0 Å². The second-order valence-corrected chi connectivity index (χ2v) is 4.69. The number of carbonyl (C=O) groups is 2. The van der Waals surface area contributed by atoms with Crippen molar-refractivity contribution in [2.24, 2.45) is 0 Å². The van der Waals surface area contributed by atoms with Crippen LogP contribution in [0.3, 0.4) is 0 Å². The molecule has 108 valence electrons. The summed E-state index contributed by atoms with van der Waals surface area (Å²) < 4.78 is 30.7. The van der Waals surface area contributed by atoms with Crippen molar-refractivity contribution in [2.75, 3.05) is 20.2 Å². The van der Waals surface area contributed by atoms with E-state index in [0.29, 0.717) is 12.0 Å². The van der Waals surface area contributed by atoms with Crippen LogP contribution < -0.4 is 0 Å². The fourth-order valence-corrected chi connectivity index (χ4v) is 2.12. The summed E-state index contributed by atoms with van der Waals surface area (Å²) in [7, 11) is 1.30. The number of hydrogen-bond acceptors (Lipinski definition) is 3. The van der Waals surface area contributed by atoms with Gasteiger partial charge in [-0.3, -0.25) is 4.79 Å². The van der Waals surface area contributed by atoms with E-state index in [1.165, 1.54) is 12.0 Å². The van der Waals surface area contributed by atoms with Crippen molar-refractivity contribution in [1.82, 2.24) is 4.90 Å². The van der Waals surface area contributed by atoms with Gasteiger partial charge in [-0.05, 0) is 24.1 Å². The first-order valence-electron chi connectivity index (χ1n) is 6.28. The monoisotopic (exact) mass is 283 g/mol. The van der Waals surface area contributed by atoms with E-state index in [2.05, 4.69) is 4.74 Å². The zero-order chi connectivity index (χ0) is 14.8. The molecular weight excluding hydrogens is 268 g/mol. The molecule has 0 bridgehead atoms. The van der Waals surface area contributed by atoms with Gasteiger partial charge in [0.05, 0.1) is 12.7 Å². The normalized spacial score (nSPS) is 17.4. The Morgan fingerprint density at radius 3 is 2.50 bits per heavy atom. The van der Waals surface area contributed by atoms with Gasteiger partial charge >= 0.3 is 11.9 Å². The maximum Gasteiger partial charge on any atom is 0.337 e. The Kier molecular flexibility index (Phi) is 4.01. The van der Waals surface area contributed by atoms with Crippen LogP contribution in [-0.2, 0) is 16.0 Å². The fourth-order valence-electron chi connectivity index (χ4n) is 2.12. The Hall–Kier alpha value is -1.98. The van der Waals surface area contributed by atoms with Gasteiger partial charge in [-0.1, -0.05) is 12.1 Å². The largest absolute Gasteiger partial charge is 0.465 e. The summed E-state index contributed by atoms with van der Waals surface area (Å²) in [5.41, 5.74) is 1.31. The average Bonchev–Trinajstić information content (AvgIpc) is 2.71. The molecule has 0 aliphatic carbocycles. The predicted octanol–water partition coefficient (Wildman–Crippen LogP) is 1.88. The molecule has 1 fully saturated rings. The summed E-state index contributed by atoms with van der Waals surface area (Å²) in [6.45, 7) is 0.345. The van der Waals surface area contributed by atoms with Gasteiger partial charge in [0.1, 0.15) is 0 Å². The number of ether oxygens (including phenoxy) is 1. The number of amides is 1. The van der Waals surface area contributed by atoms with Crippen molar-refractivity contribution in [3.8, 4) is 0 Å². The average molecular weight is 283 g/mol. The fraction of sp³-hybridized carbons (Fsp3) is 0.429. The predicted molar refractivity (Wildman–Crippen MR) is 67.6 cm³/mol. The van der Waals surface area contributed by atoms with Gasteiger partial charge in [-0.15, -0.1) is 0 Å². The van der Waals surface area contributed by atoms with Crippen LogP contribution in [0.5, 0.6) is 0 Å². The molecule has 1 aromatic rings. The van der Waals surface area contributed by atoms with E-state index in [-0.39, 0.29) is 13.1 Å². The molecule has 20 heavy (non-hydrogen) atoms. The molecule has 1 aliphatic heterocycles. The molecule has 1 saturated heterocycles. The SMILES string of the molecule is COC(=O)c1ccc(CCN2CCC(F)(F)C2=O)cc1. The second-order valence-electron chi connectivity index (χ2n) is 4.69. The number of hydrogen-bond donors (Lipinski definition) is 0. The first kappa shape index (κ1) is 14.4. The Balaban J connectivity index is 1.92. The number of benzene rings is 1. The van der Waals surface area contributed by atoms with Crippen LogP contribution >= 0.6 is 0 Å². The summed E-state index contributed by atoms with van der Waals surface area (Å²) in [5.74, 6) is -4.73. The summed E-state index contributed by atoms with van der Waals surface area (Å²) in [6, 6.07) is 6.68. The van der Waals surface area contributed by atoms with Crippen LogP contribution in [0.4, 0.5) is 8.78 Å². The van der Waals surface area contributed by atoms with E-state index in [1.54, 1.807) is 24.3 Å². The van der Waals surface area contributed by atoms with Crippen LogP contribution in [0.2, 0.25) is 0 Å². The molecule has 4 nitrogen and oxygen atoms in total. The molecule has 0 N–H and O–H groups in total. The van der Waals surface area contributed by atoms with E-state index >= 15 is 0 Å². The third-order valence-electron chi connectivity index (χ3n) is 3.34. The second kappa shape index (κ2) is 5.56. The lowest BCUT2D eigenvalue weighted by Gasteiger charge is -2.16. The molecular formula is C14H15F2NO3. The first-order valence-corrected chi connectivity index (χ1v) is 6.28. The number of likely N-dealkylation sites (tertiary alicyclic amines) is 1. The molecule has 0 saturated carbocycles. The van der Waals surface area contributed by atoms with Crippen molar-refractivity contribution in [2.45, 2.75) is 18.8 Å². The van der Waals surface area contributed by atoms with Crippen molar-refractivity contribution in [3.05, 3.63) is 35.4 Å². The lowest BCUT2D eigenvalue weighted by molar-refractivity contribution is -0.147. The van der Waals surface area contributed by atoms with Crippen LogP contribution in [0.15, 0.2) is 24.3 Å². The standard InChI is InChI=1S/C14H15F2NO3/c1-20-12(18)11-4-2-10(3-5-11)6-8-17-9-7-14(15,16)13(17)19/h2-5H,6-9H2,1H3. The highest BCUT2D eigenvalue weighted by atomic mass is 19.3. The molecule has 1 amide bonds. The van der Waals surface area contributed by atoms with Gasteiger partial charge in [0, 0.05) is 19.5 Å². The highest BCUT2D eigenvalue weighted by Gasteiger charge is 2.47. The van der Waals surface area contributed by atoms with Crippen molar-refractivity contribution >= 4 is 11.9 Å². The summed E-state index contributed by atoms with van der Waals surface area (Å²) >= 11 is 0. The quantitative estimate of drug-likeness (QED) is 0.793. The summed E-state index contributed by atoms with van der Waals surface area (Å²) in [5, 5.41) is 0. The van der Waals surface area contributed by atoms with Crippen LogP contribution in [-0.4, -0.2) is 42.9 Å². The molecule has 0 radical (unpaired) electrons. The molecule has 0 atom stereocenters. The van der Waals surface area contributed by atoms with Gasteiger partial charge in [-0.25, -0.2) is 4.79 Å². The minimum atomic E-state index is -3.21. The molecule has 2 rings (SSSR count). The first-order chi connectivity index (χ1) is 9.44. The smallest absolute Gasteiger partial charge is 0.337 e. The van der Waals surface area contributed by atoms with Crippen molar-refractivity contribution in [3.63, 3.8) is 0 Å². The summed E-state index contributed by atoms with van der Waals surface area (Å²) in [4.78, 5) is 23.8. The number of alkyl halides is 2. The van der Waals surface area contributed by atoms with Crippen molar-refractivity contribution in [1.29, 1.82) is 0 Å². The Morgan fingerprint density at radius 1 is 1.35 bits per heavy atom. The minimum absolute atomic E-state index is 0.0894. The number of esters is 1. The van der Waals surface area contributed by atoms with Gasteiger partial charge in [-0.2, -0.15) is 8.78 Å². The molecule has 1 heterocycles. The van der Waals surface area contributed by atoms with E-state index < -0.39 is 24.2 Å². The minimum Gasteiger partial charge on any atom is -0.465 e. The highest BCUT2D eigenvalue weighted by molar-refractivity contribution is 5.89. The molecule has 0 aromatic heterocycles. The van der Waals surface area contributed by atoms with Crippen LogP contribution in [0, 0.1) is 0 Å². The number of carbonyl (C=O) groups excluding carboxylic acids is 2. The highest BCUT2D eigenvalue weighted by Crippen LogP contribution is 2.28. The third kappa shape index (κ3) is 2.95. The third-order valence-corrected chi connectivity index (χ3v) is 3.34. The molecule has 6 heteroatoms. The number of nitrogens with zero attached hydrogens (tertiary/aromatic N) is 1. The Morgan fingerprint density at radius 2 is 2.00 bits per heavy atom. The Labute approximate surface area is 115 Å². The maximum atomic E-state index is 13.1. The molecule has 1 aromatic carbocycles. The summed E-state index contributed by atoms with van der Waals surface area (Å²) in [6.07, 6.45) is 0.0659. The van der Waals surface area contributed by atoms with E-state index in [9.17, 15) is 18.4 Å². The van der Waals surface area contributed by atoms with Crippen molar-refractivity contribution < 1.29 is 23.1 Å². The van der Waals surface area contributed by atoms with Gasteiger partial charge in [0.25, 0.3) is 5.91 Å². The topological polar surface area (TPSA) is 46.6 Å². The van der Waals surface area contributed by atoms with Gasteiger partial charge < -0.3 is 9.64 Å². The zero-order valence-electron chi connectivity index (χ0n) is 11.1. The lowest BCUT2D eigenvalue weighted by atomic mass is 10.1. The molecule has 0 unspecified atom stereocenters. The Bertz CT molecular complexity index is 514. The van der Waals surface area contributed by atoms with Gasteiger partial charge in [0.2, 0.25) is 0 Å². The van der Waals surface area contributed by atoms with E-state index in [1.807, 2.05) is 0 Å². The number of halogens is 2. The zero-order valence-corrected chi connectivity index (χ0v) is 11.1. The van der Waals surface area contributed by atoms with E-state index in [0.717, 1.165) is 5.56 Å². The maximum absolute atomic E-state index is 13.1. The molecule has 0 spiro atoms. The van der Waals surface area contributed by atoms with Crippen LogP contribution in [0.1, 0.15) is 22.3 Å². The number of methoxy groups -OCH3 is 1. The van der Waals surface area contributed by atoms with Gasteiger partial charge in [0.15, 0.2) is 0 Å². The van der Waals surface area contributed by atoms with Crippen LogP contribution in [0.25, 0.3) is 0 Å².